The Labute approximate surface area is 136 Å². The molecule has 21 heavy (non-hydrogen) atoms. The Morgan fingerprint density at radius 3 is 2.90 bits per heavy atom. The van der Waals surface area contributed by atoms with Gasteiger partial charge in [0.2, 0.25) is 0 Å². The molecule has 0 aromatic carbocycles. The monoisotopic (exact) mass is 369 g/mol. The molecule has 0 N–H and O–H groups in total. The standard InChI is InChI=1S/C14H14AsClFN3O/c15-14-19-6-2-11(10-1-5-18-13(16)12(10)17)20(14)9-3-7-21-8-4-9/h1-2,5-6,9,11H,3-4,7-8H2. The van der Waals surface area contributed by atoms with Crippen LogP contribution in [0.15, 0.2) is 29.5 Å². The molecule has 3 rings (SSSR count). The second kappa shape index (κ2) is 6.47. The minimum absolute atomic E-state index is 0.0949. The van der Waals surface area contributed by atoms with Crippen LogP contribution in [0.2, 0.25) is 5.15 Å². The van der Waals surface area contributed by atoms with Crippen molar-refractivity contribution in [1.82, 2.24) is 9.88 Å². The first-order chi connectivity index (χ1) is 10.2. The zero-order chi connectivity index (χ0) is 14.8. The molecule has 3 heterocycles. The predicted octanol–water partition coefficient (Wildman–Crippen LogP) is 2.45. The van der Waals surface area contributed by atoms with Crippen LogP contribution >= 0.6 is 11.6 Å². The van der Waals surface area contributed by atoms with E-state index in [1.807, 2.05) is 6.08 Å². The van der Waals surface area contributed by atoms with Crippen molar-refractivity contribution in [3.8, 4) is 0 Å². The van der Waals surface area contributed by atoms with Crippen molar-refractivity contribution in [2.45, 2.75) is 24.9 Å². The zero-order valence-corrected chi connectivity index (χ0v) is 13.9. The number of rotatable bonds is 2. The van der Waals surface area contributed by atoms with Crippen molar-refractivity contribution in [2.24, 2.45) is 4.99 Å². The van der Waals surface area contributed by atoms with E-state index in [0.29, 0.717) is 5.56 Å². The van der Waals surface area contributed by atoms with Crippen molar-refractivity contribution >= 4 is 33.1 Å². The number of hydrogen-bond donors (Lipinski definition) is 0. The molecule has 1 atom stereocenters. The summed E-state index contributed by atoms with van der Waals surface area (Å²) in [6.45, 7) is 1.44. The van der Waals surface area contributed by atoms with Crippen LogP contribution in [0.1, 0.15) is 24.4 Å². The van der Waals surface area contributed by atoms with Crippen molar-refractivity contribution in [2.75, 3.05) is 13.2 Å². The number of nitrogens with zero attached hydrogens (tertiary/aromatic N) is 3. The summed E-state index contributed by atoms with van der Waals surface area (Å²) in [6, 6.07) is 1.74. The Bertz CT molecular complexity index is 590. The van der Waals surface area contributed by atoms with E-state index in [4.69, 9.17) is 16.3 Å². The van der Waals surface area contributed by atoms with Crippen LogP contribution in [0.3, 0.4) is 0 Å². The number of hydrogen-bond acceptors (Lipinski definition) is 4. The van der Waals surface area contributed by atoms with Gasteiger partial charge in [0, 0.05) is 0 Å². The van der Waals surface area contributed by atoms with Crippen LogP contribution in [0.5, 0.6) is 0 Å². The molecule has 2 aliphatic heterocycles. The van der Waals surface area contributed by atoms with Crippen LogP contribution < -0.4 is 0 Å². The van der Waals surface area contributed by atoms with Crippen LogP contribution in [-0.4, -0.2) is 50.6 Å². The Morgan fingerprint density at radius 2 is 2.14 bits per heavy atom. The molecule has 0 aliphatic carbocycles. The topological polar surface area (TPSA) is 37.7 Å². The second-order valence-electron chi connectivity index (χ2n) is 4.97. The molecular formula is C14H14AsClFN3O. The van der Waals surface area contributed by atoms with Crippen molar-refractivity contribution < 1.29 is 9.13 Å². The van der Waals surface area contributed by atoms with Gasteiger partial charge in [-0.3, -0.25) is 0 Å². The summed E-state index contributed by atoms with van der Waals surface area (Å²) in [4.78, 5) is 10.3. The molecule has 110 valence electrons. The summed E-state index contributed by atoms with van der Waals surface area (Å²) in [5.74, 6) is -0.465. The zero-order valence-electron chi connectivity index (χ0n) is 11.2. The van der Waals surface area contributed by atoms with E-state index in [0.717, 1.165) is 30.7 Å². The number of halogens is 2. The fourth-order valence-corrected chi connectivity index (χ4v) is 3.65. The maximum absolute atomic E-state index is 14.3. The normalized spacial score (nSPS) is 23.3. The molecule has 2 aliphatic rings. The van der Waals surface area contributed by atoms with Crippen LogP contribution in [0, 0.1) is 5.82 Å². The van der Waals surface area contributed by atoms with E-state index >= 15 is 0 Å². The summed E-state index contributed by atoms with van der Waals surface area (Å²) in [7, 11) is 0. The van der Waals surface area contributed by atoms with Crippen LogP contribution in [0.25, 0.3) is 0 Å². The van der Waals surface area contributed by atoms with E-state index in [2.05, 4.69) is 31.7 Å². The Balaban J connectivity index is 1.96. The molecule has 1 aromatic rings. The molecule has 1 fully saturated rings. The fraction of sp³-hybridized carbons (Fsp3) is 0.429. The van der Waals surface area contributed by atoms with Crippen molar-refractivity contribution in [3.63, 3.8) is 0 Å². The molecule has 7 heteroatoms. The molecule has 0 spiro atoms. The molecule has 1 saturated heterocycles. The third kappa shape index (κ3) is 3.01. The molecule has 0 bridgehead atoms. The summed E-state index contributed by atoms with van der Waals surface area (Å²) in [6.07, 6.45) is 6.94. The Morgan fingerprint density at radius 1 is 1.38 bits per heavy atom. The van der Waals surface area contributed by atoms with Crippen LogP contribution in [0.4, 0.5) is 4.39 Å². The van der Waals surface area contributed by atoms with Gasteiger partial charge in [0.05, 0.1) is 0 Å². The molecule has 2 radical (unpaired) electrons. The molecular weight excluding hydrogens is 356 g/mol. The SMILES string of the molecule is Fc1c(C2C=CN=C([As])N2C2CCOCC2)ccnc1Cl. The van der Waals surface area contributed by atoms with Gasteiger partial charge in [-0.2, -0.15) is 0 Å². The summed E-state index contributed by atoms with van der Waals surface area (Å²) in [5.41, 5.74) is 0.524. The first kappa shape index (κ1) is 15.0. The number of pyridine rings is 1. The summed E-state index contributed by atoms with van der Waals surface area (Å²) in [5, 5.41) is -0.0949. The van der Waals surface area contributed by atoms with Crippen molar-refractivity contribution in [3.05, 3.63) is 41.1 Å². The third-order valence-electron chi connectivity index (χ3n) is 3.77. The first-order valence-electron chi connectivity index (χ1n) is 6.78. The quantitative estimate of drug-likeness (QED) is 0.594. The van der Waals surface area contributed by atoms with Gasteiger partial charge in [-0.1, -0.05) is 0 Å². The average molecular weight is 370 g/mol. The van der Waals surface area contributed by atoms with Gasteiger partial charge < -0.3 is 0 Å². The minimum atomic E-state index is -0.465. The molecule has 1 aromatic heterocycles. The van der Waals surface area contributed by atoms with E-state index in [9.17, 15) is 4.39 Å². The summed E-state index contributed by atoms with van der Waals surface area (Å²) < 4.78 is 20.6. The predicted molar refractivity (Wildman–Crippen MR) is 80.0 cm³/mol. The Kier molecular flexibility index (Phi) is 4.62. The van der Waals surface area contributed by atoms with E-state index in [-0.39, 0.29) is 17.2 Å². The molecule has 0 saturated carbocycles. The maximum atomic E-state index is 14.3. The second-order valence-corrected chi connectivity index (χ2v) is 6.17. The van der Waals surface area contributed by atoms with E-state index < -0.39 is 5.82 Å². The number of amidine groups is 1. The van der Waals surface area contributed by atoms with Gasteiger partial charge in [0.1, 0.15) is 0 Å². The number of aromatic nitrogens is 1. The van der Waals surface area contributed by atoms with Crippen molar-refractivity contribution in [1.29, 1.82) is 0 Å². The van der Waals surface area contributed by atoms with Crippen LogP contribution in [-0.2, 0) is 4.74 Å². The summed E-state index contributed by atoms with van der Waals surface area (Å²) >= 11 is 8.28. The number of aliphatic imine (C=N–C) groups is 1. The molecule has 4 nitrogen and oxygen atoms in total. The molecule has 0 amide bonds. The van der Waals surface area contributed by atoms with E-state index in [1.165, 1.54) is 6.20 Å². The number of ether oxygens (including phenoxy) is 1. The first-order valence-corrected chi connectivity index (χ1v) is 8.09. The van der Waals surface area contributed by atoms with Gasteiger partial charge in [-0.15, -0.1) is 0 Å². The third-order valence-corrected chi connectivity index (χ3v) is 4.76. The average Bonchev–Trinajstić information content (AvgIpc) is 2.51. The van der Waals surface area contributed by atoms with Gasteiger partial charge in [0.15, 0.2) is 0 Å². The van der Waals surface area contributed by atoms with Gasteiger partial charge in [0.25, 0.3) is 0 Å². The van der Waals surface area contributed by atoms with Gasteiger partial charge >= 0.3 is 136 Å². The van der Waals surface area contributed by atoms with Gasteiger partial charge in [-0.05, 0) is 0 Å². The van der Waals surface area contributed by atoms with E-state index in [1.54, 1.807) is 12.3 Å². The Hall–Kier alpha value is -0.902. The molecule has 1 unspecified atom stereocenters. The fourth-order valence-electron chi connectivity index (χ4n) is 2.74. The van der Waals surface area contributed by atoms with Gasteiger partial charge in [-0.25, -0.2) is 0 Å².